The number of nitrogens with one attached hydrogen (secondary N) is 1. The summed E-state index contributed by atoms with van der Waals surface area (Å²) in [6.07, 6.45) is 1.94. The highest BCUT2D eigenvalue weighted by atomic mass is 32.2. The monoisotopic (exact) mass is 170 g/mol. The summed E-state index contributed by atoms with van der Waals surface area (Å²) in [6.45, 7) is 1.85. The molecular weight excluding hydrogens is 160 g/mol. The van der Waals surface area contributed by atoms with Crippen LogP contribution in [-0.2, 0) is 0 Å². The Morgan fingerprint density at radius 2 is 2.27 bits per heavy atom. The number of thioether (sulfide) groups is 1. The molecule has 0 unspecified atom stereocenters. The molecule has 0 radical (unpaired) electrons. The molecule has 0 aliphatic carbocycles. The highest BCUT2D eigenvalue weighted by Gasteiger charge is 2.00. The van der Waals surface area contributed by atoms with Gasteiger partial charge in [-0.15, -0.1) is 11.8 Å². The van der Waals surface area contributed by atoms with Crippen LogP contribution in [0.4, 0.5) is 5.69 Å². The Hall–Kier alpha value is -0.900. The maximum absolute atomic E-state index is 10.9. The molecule has 0 aliphatic heterocycles. The van der Waals surface area contributed by atoms with Crippen LogP contribution in [0.2, 0.25) is 0 Å². The lowest BCUT2D eigenvalue weighted by molar-refractivity contribution is 1.08. The van der Waals surface area contributed by atoms with Crippen molar-refractivity contribution in [3.05, 3.63) is 22.1 Å². The lowest BCUT2D eigenvalue weighted by atomic mass is 10.3. The molecule has 0 bridgehead atoms. The summed E-state index contributed by atoms with van der Waals surface area (Å²) in [5.74, 6) is 0. The van der Waals surface area contributed by atoms with Crippen LogP contribution in [0.1, 0.15) is 5.69 Å². The molecule has 1 aromatic heterocycles. The van der Waals surface area contributed by atoms with Crippen molar-refractivity contribution in [2.75, 3.05) is 12.0 Å². The van der Waals surface area contributed by atoms with Crippen LogP contribution in [-0.4, -0.2) is 11.2 Å². The highest BCUT2D eigenvalue weighted by molar-refractivity contribution is 7.98. The third kappa shape index (κ3) is 1.57. The molecule has 4 heteroatoms. The SMILES string of the molecule is CSc1cc(N)c(=O)[nH]c1C. The molecule has 0 fully saturated rings. The number of aromatic nitrogens is 1. The Bertz CT molecular complexity index is 319. The van der Waals surface area contributed by atoms with Gasteiger partial charge in [0.15, 0.2) is 0 Å². The molecule has 3 N–H and O–H groups in total. The Balaban J connectivity index is 3.32. The lowest BCUT2D eigenvalue weighted by Gasteiger charge is -2.01. The van der Waals surface area contributed by atoms with E-state index in [1.807, 2.05) is 13.2 Å². The van der Waals surface area contributed by atoms with Crippen LogP contribution in [0.15, 0.2) is 15.8 Å². The van der Waals surface area contributed by atoms with Gasteiger partial charge in [0.1, 0.15) is 0 Å². The molecule has 11 heavy (non-hydrogen) atoms. The molecule has 3 nitrogen and oxygen atoms in total. The van der Waals surface area contributed by atoms with Crippen molar-refractivity contribution < 1.29 is 0 Å². The number of rotatable bonds is 1. The summed E-state index contributed by atoms with van der Waals surface area (Å²) >= 11 is 1.57. The van der Waals surface area contributed by atoms with E-state index in [1.165, 1.54) is 0 Å². The van der Waals surface area contributed by atoms with Crippen molar-refractivity contribution in [1.82, 2.24) is 4.98 Å². The van der Waals surface area contributed by atoms with E-state index in [-0.39, 0.29) is 11.2 Å². The molecule has 1 rings (SSSR count). The summed E-state index contributed by atoms with van der Waals surface area (Å²) in [5.41, 5.74) is 6.35. The molecule has 0 atom stereocenters. The van der Waals surface area contributed by atoms with Crippen LogP contribution < -0.4 is 11.3 Å². The Kier molecular flexibility index (Phi) is 2.24. The number of aryl methyl sites for hydroxylation is 1. The molecule has 0 amide bonds. The van der Waals surface area contributed by atoms with E-state index in [0.717, 1.165) is 10.6 Å². The highest BCUT2D eigenvalue weighted by Crippen LogP contribution is 2.17. The van der Waals surface area contributed by atoms with Gasteiger partial charge in [-0.3, -0.25) is 4.79 Å². The minimum atomic E-state index is -0.208. The first-order valence-corrected chi connectivity index (χ1v) is 4.41. The number of nitrogens with two attached hydrogens (primary N) is 1. The van der Waals surface area contributed by atoms with Gasteiger partial charge in [-0.05, 0) is 19.2 Å². The van der Waals surface area contributed by atoms with E-state index in [4.69, 9.17) is 5.73 Å². The van der Waals surface area contributed by atoms with Crippen LogP contribution in [0.3, 0.4) is 0 Å². The minimum absolute atomic E-state index is 0.208. The van der Waals surface area contributed by atoms with E-state index in [9.17, 15) is 4.79 Å². The predicted molar refractivity (Wildman–Crippen MR) is 48.0 cm³/mol. The van der Waals surface area contributed by atoms with Crippen molar-refractivity contribution in [1.29, 1.82) is 0 Å². The third-order valence-electron chi connectivity index (χ3n) is 1.44. The van der Waals surface area contributed by atoms with E-state index >= 15 is 0 Å². The zero-order valence-electron chi connectivity index (χ0n) is 6.47. The van der Waals surface area contributed by atoms with Crippen molar-refractivity contribution in [2.24, 2.45) is 0 Å². The van der Waals surface area contributed by atoms with Crippen molar-refractivity contribution >= 4 is 17.4 Å². The summed E-state index contributed by atoms with van der Waals surface area (Å²) in [7, 11) is 0. The van der Waals surface area contributed by atoms with Gasteiger partial charge in [-0.25, -0.2) is 0 Å². The van der Waals surface area contributed by atoms with Gasteiger partial charge in [-0.1, -0.05) is 0 Å². The number of aromatic amines is 1. The van der Waals surface area contributed by atoms with Gasteiger partial charge in [0.2, 0.25) is 0 Å². The van der Waals surface area contributed by atoms with Gasteiger partial charge in [0.25, 0.3) is 5.56 Å². The first kappa shape index (κ1) is 8.20. The van der Waals surface area contributed by atoms with Crippen LogP contribution >= 0.6 is 11.8 Å². The second-order valence-electron chi connectivity index (χ2n) is 2.25. The first-order chi connectivity index (χ1) is 5.15. The second-order valence-corrected chi connectivity index (χ2v) is 3.10. The van der Waals surface area contributed by atoms with E-state index in [0.29, 0.717) is 0 Å². The zero-order chi connectivity index (χ0) is 8.43. The van der Waals surface area contributed by atoms with Crippen molar-refractivity contribution in [3.63, 3.8) is 0 Å². The van der Waals surface area contributed by atoms with E-state index in [2.05, 4.69) is 4.98 Å². The van der Waals surface area contributed by atoms with Gasteiger partial charge in [0.05, 0.1) is 5.69 Å². The molecule has 1 heterocycles. The number of hydrogen-bond donors (Lipinski definition) is 2. The Labute approximate surface area is 69.0 Å². The van der Waals surface area contributed by atoms with Crippen LogP contribution in [0.25, 0.3) is 0 Å². The molecular formula is C7H10N2OS. The maximum atomic E-state index is 10.9. The second kappa shape index (κ2) is 3.00. The molecule has 60 valence electrons. The topological polar surface area (TPSA) is 58.9 Å². The normalized spacial score (nSPS) is 10.0. The summed E-state index contributed by atoms with van der Waals surface area (Å²) in [4.78, 5) is 14.6. The average Bonchev–Trinajstić information content (AvgIpc) is 1.97. The molecule has 0 aromatic carbocycles. The first-order valence-electron chi connectivity index (χ1n) is 3.18. The number of nitrogen functional groups attached to an aromatic ring is 1. The largest absolute Gasteiger partial charge is 0.394 e. The van der Waals surface area contributed by atoms with E-state index < -0.39 is 0 Å². The minimum Gasteiger partial charge on any atom is -0.394 e. The van der Waals surface area contributed by atoms with Crippen molar-refractivity contribution in [2.45, 2.75) is 11.8 Å². The molecule has 0 spiro atoms. The smallest absolute Gasteiger partial charge is 0.271 e. The Morgan fingerprint density at radius 1 is 1.64 bits per heavy atom. The van der Waals surface area contributed by atoms with Crippen LogP contribution in [0, 0.1) is 6.92 Å². The quantitative estimate of drug-likeness (QED) is 0.618. The van der Waals surface area contributed by atoms with Gasteiger partial charge in [0, 0.05) is 10.6 Å². The molecule has 1 aromatic rings. The molecule has 0 saturated heterocycles. The van der Waals surface area contributed by atoms with Crippen LogP contribution in [0.5, 0.6) is 0 Å². The van der Waals surface area contributed by atoms with Gasteiger partial charge in [-0.2, -0.15) is 0 Å². The average molecular weight is 170 g/mol. The van der Waals surface area contributed by atoms with E-state index in [1.54, 1.807) is 17.8 Å². The number of pyridine rings is 1. The zero-order valence-corrected chi connectivity index (χ0v) is 7.29. The third-order valence-corrected chi connectivity index (χ3v) is 2.30. The summed E-state index contributed by atoms with van der Waals surface area (Å²) in [5, 5.41) is 0. The maximum Gasteiger partial charge on any atom is 0.271 e. The standard InChI is InChI=1S/C7H10N2OS/c1-4-6(11-2)3-5(8)7(10)9-4/h3H,8H2,1-2H3,(H,9,10). The predicted octanol–water partition coefficient (Wildman–Crippen LogP) is 0.987. The fourth-order valence-corrected chi connectivity index (χ4v) is 1.43. The fraction of sp³-hybridized carbons (Fsp3) is 0.286. The van der Waals surface area contributed by atoms with Crippen molar-refractivity contribution in [3.8, 4) is 0 Å². The molecule has 0 saturated carbocycles. The van der Waals surface area contributed by atoms with Gasteiger partial charge >= 0.3 is 0 Å². The summed E-state index contributed by atoms with van der Waals surface area (Å²) in [6, 6.07) is 1.69. The Morgan fingerprint density at radius 3 is 2.82 bits per heavy atom. The fourth-order valence-electron chi connectivity index (χ4n) is 0.831. The number of hydrogen-bond acceptors (Lipinski definition) is 3. The summed E-state index contributed by atoms with van der Waals surface area (Å²) < 4.78 is 0. The molecule has 0 aliphatic rings. The lowest BCUT2D eigenvalue weighted by Crippen LogP contribution is -2.12. The number of H-pyrrole nitrogens is 1. The van der Waals surface area contributed by atoms with Gasteiger partial charge < -0.3 is 10.7 Å². The number of anilines is 1.